The Bertz CT molecular complexity index is 582. The molecule has 0 bridgehead atoms. The van der Waals surface area contributed by atoms with Gasteiger partial charge in [0.1, 0.15) is 0 Å². The van der Waals surface area contributed by atoms with Gasteiger partial charge in [0.2, 0.25) is 0 Å². The Morgan fingerprint density at radius 3 is 2.75 bits per heavy atom. The van der Waals surface area contributed by atoms with Crippen LogP contribution >= 0.6 is 11.6 Å². The number of carboxylic acid groups (broad SMARTS) is 1. The Kier molecular flexibility index (Phi) is 4.70. The number of hydrogen-bond acceptors (Lipinski definition) is 4. The zero-order chi connectivity index (χ0) is 14.5. The molecule has 2 N–H and O–H groups in total. The van der Waals surface area contributed by atoms with Crippen molar-refractivity contribution in [1.29, 1.82) is 0 Å². The molecule has 0 aliphatic heterocycles. The Hall–Kier alpha value is -1.92. The summed E-state index contributed by atoms with van der Waals surface area (Å²) in [5.41, 5.74) is 1.09. The van der Waals surface area contributed by atoms with E-state index in [2.05, 4.69) is 15.6 Å². The maximum absolute atomic E-state index is 10.7. The van der Waals surface area contributed by atoms with Gasteiger partial charge in [0, 0.05) is 17.6 Å². The Balaban J connectivity index is 1.82. The summed E-state index contributed by atoms with van der Waals surface area (Å²) in [6.45, 7) is 3.26. The number of aromatic nitrogens is 3. The van der Waals surface area contributed by atoms with E-state index in [0.717, 1.165) is 5.56 Å². The number of aromatic carboxylic acids is 1. The summed E-state index contributed by atoms with van der Waals surface area (Å²) < 4.78 is 1.50. The Morgan fingerprint density at radius 2 is 2.15 bits per heavy atom. The maximum atomic E-state index is 10.7. The average molecular weight is 295 g/mol. The molecule has 106 valence electrons. The smallest absolute Gasteiger partial charge is 0.358 e. The van der Waals surface area contributed by atoms with Crippen LogP contribution in [-0.2, 0) is 6.54 Å². The lowest BCUT2D eigenvalue weighted by Gasteiger charge is -2.14. The zero-order valence-corrected chi connectivity index (χ0v) is 11.7. The van der Waals surface area contributed by atoms with Crippen molar-refractivity contribution < 1.29 is 9.90 Å². The molecule has 0 spiro atoms. The molecule has 1 atom stereocenters. The van der Waals surface area contributed by atoms with Gasteiger partial charge in [-0.15, -0.1) is 5.10 Å². The fourth-order valence-corrected chi connectivity index (χ4v) is 1.90. The lowest BCUT2D eigenvalue weighted by atomic mass is 10.1. The predicted octanol–water partition coefficient (Wildman–Crippen LogP) is 1.98. The van der Waals surface area contributed by atoms with Gasteiger partial charge in [-0.3, -0.25) is 4.68 Å². The Labute approximate surface area is 121 Å². The topological polar surface area (TPSA) is 80.0 Å². The van der Waals surface area contributed by atoms with Gasteiger partial charge in [-0.25, -0.2) is 4.79 Å². The largest absolute Gasteiger partial charge is 0.476 e. The van der Waals surface area contributed by atoms with Gasteiger partial charge in [0.05, 0.1) is 12.7 Å². The molecule has 1 heterocycles. The number of carboxylic acids is 1. The summed E-state index contributed by atoms with van der Waals surface area (Å²) in [4.78, 5) is 10.7. The number of rotatable bonds is 6. The summed E-state index contributed by atoms with van der Waals surface area (Å²) in [6, 6.07) is 7.82. The summed E-state index contributed by atoms with van der Waals surface area (Å²) in [6.07, 6.45) is 1.41. The van der Waals surface area contributed by atoms with E-state index in [1.54, 1.807) is 0 Å². The van der Waals surface area contributed by atoms with Crippen molar-refractivity contribution in [3.63, 3.8) is 0 Å². The van der Waals surface area contributed by atoms with Crippen LogP contribution in [0.15, 0.2) is 30.5 Å². The third kappa shape index (κ3) is 3.79. The van der Waals surface area contributed by atoms with Crippen molar-refractivity contribution >= 4 is 17.6 Å². The second-order valence-corrected chi connectivity index (χ2v) is 4.84. The standard InChI is InChI=1S/C13H15ClN4O2/c1-9(10-2-4-11(14)5-3-10)15-6-7-18-8-12(13(19)20)16-17-18/h2-5,8-9,15H,6-7H2,1H3,(H,19,20)/t9-/m1/s1. The highest BCUT2D eigenvalue weighted by molar-refractivity contribution is 6.30. The Morgan fingerprint density at radius 1 is 1.45 bits per heavy atom. The highest BCUT2D eigenvalue weighted by Gasteiger charge is 2.08. The van der Waals surface area contributed by atoms with Crippen LogP contribution in [0.3, 0.4) is 0 Å². The fourth-order valence-electron chi connectivity index (χ4n) is 1.77. The first-order valence-corrected chi connectivity index (χ1v) is 6.56. The zero-order valence-electron chi connectivity index (χ0n) is 11.0. The van der Waals surface area contributed by atoms with E-state index < -0.39 is 5.97 Å². The van der Waals surface area contributed by atoms with Crippen LogP contribution in [0, 0.1) is 0 Å². The summed E-state index contributed by atoms with van der Waals surface area (Å²) in [7, 11) is 0. The number of hydrogen-bond donors (Lipinski definition) is 2. The molecular formula is C13H15ClN4O2. The van der Waals surface area contributed by atoms with Gasteiger partial charge in [0.15, 0.2) is 5.69 Å². The summed E-state index contributed by atoms with van der Waals surface area (Å²) in [5.74, 6) is -1.07. The van der Waals surface area contributed by atoms with Crippen molar-refractivity contribution in [2.45, 2.75) is 19.5 Å². The lowest BCUT2D eigenvalue weighted by Crippen LogP contribution is -2.23. The molecule has 0 unspecified atom stereocenters. The number of halogens is 1. The number of nitrogens with zero attached hydrogens (tertiary/aromatic N) is 3. The minimum atomic E-state index is -1.07. The van der Waals surface area contributed by atoms with Crippen molar-refractivity contribution in [3.05, 3.63) is 46.7 Å². The molecule has 1 aromatic heterocycles. The third-order valence-corrected chi connectivity index (χ3v) is 3.17. The summed E-state index contributed by atoms with van der Waals surface area (Å²) >= 11 is 5.84. The van der Waals surface area contributed by atoms with E-state index in [1.807, 2.05) is 31.2 Å². The molecule has 0 saturated heterocycles. The predicted molar refractivity (Wildman–Crippen MR) is 74.9 cm³/mol. The maximum Gasteiger partial charge on any atom is 0.358 e. The van der Waals surface area contributed by atoms with E-state index in [-0.39, 0.29) is 11.7 Å². The van der Waals surface area contributed by atoms with Crippen molar-refractivity contribution in [1.82, 2.24) is 20.3 Å². The molecule has 20 heavy (non-hydrogen) atoms. The SMILES string of the molecule is C[C@@H](NCCn1cc(C(=O)O)nn1)c1ccc(Cl)cc1. The van der Waals surface area contributed by atoms with Crippen LogP contribution in [-0.4, -0.2) is 32.6 Å². The average Bonchev–Trinajstić information content (AvgIpc) is 2.88. The van der Waals surface area contributed by atoms with Gasteiger partial charge < -0.3 is 10.4 Å². The van der Waals surface area contributed by atoms with E-state index in [9.17, 15) is 4.79 Å². The molecule has 0 amide bonds. The summed E-state index contributed by atoms with van der Waals surface area (Å²) in [5, 5.41) is 20.1. The van der Waals surface area contributed by atoms with Crippen LogP contribution in [0.4, 0.5) is 0 Å². The van der Waals surface area contributed by atoms with Gasteiger partial charge in [-0.05, 0) is 24.6 Å². The number of nitrogens with one attached hydrogen (secondary N) is 1. The van der Waals surface area contributed by atoms with Gasteiger partial charge in [-0.2, -0.15) is 0 Å². The number of carbonyl (C=O) groups is 1. The highest BCUT2D eigenvalue weighted by atomic mass is 35.5. The van der Waals surface area contributed by atoms with Crippen LogP contribution in [0.25, 0.3) is 0 Å². The normalized spacial score (nSPS) is 12.3. The molecule has 0 fully saturated rings. The molecule has 0 aliphatic rings. The fraction of sp³-hybridized carbons (Fsp3) is 0.308. The van der Waals surface area contributed by atoms with Crippen molar-refractivity contribution in [2.24, 2.45) is 0 Å². The van der Waals surface area contributed by atoms with Crippen LogP contribution in [0.2, 0.25) is 5.02 Å². The van der Waals surface area contributed by atoms with Gasteiger partial charge >= 0.3 is 5.97 Å². The molecule has 2 rings (SSSR count). The first-order chi connectivity index (χ1) is 9.56. The molecule has 0 saturated carbocycles. The van der Waals surface area contributed by atoms with Crippen LogP contribution in [0.1, 0.15) is 29.0 Å². The number of benzene rings is 1. The third-order valence-electron chi connectivity index (χ3n) is 2.92. The second kappa shape index (κ2) is 6.49. The molecule has 2 aromatic rings. The van der Waals surface area contributed by atoms with E-state index in [1.165, 1.54) is 10.9 Å². The molecule has 6 nitrogen and oxygen atoms in total. The van der Waals surface area contributed by atoms with E-state index in [0.29, 0.717) is 18.1 Å². The minimum absolute atomic E-state index is 0.0456. The first kappa shape index (κ1) is 14.5. The second-order valence-electron chi connectivity index (χ2n) is 4.40. The van der Waals surface area contributed by atoms with Crippen LogP contribution < -0.4 is 5.32 Å². The first-order valence-electron chi connectivity index (χ1n) is 6.18. The van der Waals surface area contributed by atoms with Crippen molar-refractivity contribution in [3.8, 4) is 0 Å². The van der Waals surface area contributed by atoms with E-state index in [4.69, 9.17) is 16.7 Å². The quantitative estimate of drug-likeness (QED) is 0.851. The van der Waals surface area contributed by atoms with Gasteiger partial charge in [0.25, 0.3) is 0 Å². The highest BCUT2D eigenvalue weighted by Crippen LogP contribution is 2.15. The van der Waals surface area contributed by atoms with E-state index >= 15 is 0 Å². The molecule has 0 radical (unpaired) electrons. The van der Waals surface area contributed by atoms with Crippen LogP contribution in [0.5, 0.6) is 0 Å². The monoisotopic (exact) mass is 294 g/mol. The van der Waals surface area contributed by atoms with Gasteiger partial charge in [-0.1, -0.05) is 28.9 Å². The minimum Gasteiger partial charge on any atom is -0.476 e. The van der Waals surface area contributed by atoms with Crippen molar-refractivity contribution in [2.75, 3.05) is 6.54 Å². The molecule has 1 aromatic carbocycles. The lowest BCUT2D eigenvalue weighted by molar-refractivity contribution is 0.0690. The molecular weight excluding hydrogens is 280 g/mol. The molecule has 0 aliphatic carbocycles. The molecule has 7 heteroatoms.